The normalized spacial score (nSPS) is 9.95. The van der Waals surface area contributed by atoms with Crippen LogP contribution >= 0.6 is 11.6 Å². The molecule has 1 heterocycles. The highest BCUT2D eigenvalue weighted by Crippen LogP contribution is 2.19. The summed E-state index contributed by atoms with van der Waals surface area (Å²) in [7, 11) is 0. The number of rotatable bonds is 3. The minimum Gasteiger partial charge on any atom is -0.398 e. The molecule has 0 unspecified atom stereocenters. The van der Waals surface area contributed by atoms with E-state index in [1.54, 1.807) is 36.5 Å². The van der Waals surface area contributed by atoms with Gasteiger partial charge in [-0.05, 0) is 35.9 Å². The molecule has 19 heavy (non-hydrogen) atoms. The molecule has 0 atom stereocenters. The number of hydrogen-bond acceptors (Lipinski definition) is 3. The number of nitrogen functional groups attached to an aromatic ring is 1. The lowest BCUT2D eigenvalue weighted by molar-refractivity contribution is 0.102. The number of nitrogens with two attached hydrogens (primary N) is 1. The van der Waals surface area contributed by atoms with Crippen molar-refractivity contribution in [2.75, 3.05) is 11.1 Å². The van der Waals surface area contributed by atoms with Crippen molar-refractivity contribution < 1.29 is 4.79 Å². The maximum atomic E-state index is 12.0. The van der Waals surface area contributed by atoms with Crippen LogP contribution in [0.5, 0.6) is 0 Å². The van der Waals surface area contributed by atoms with E-state index in [2.05, 4.69) is 16.9 Å². The highest BCUT2D eigenvalue weighted by molar-refractivity contribution is 6.31. The first kappa shape index (κ1) is 13.1. The fraction of sp³-hybridized carbons (Fsp3) is 0. The number of nitrogens with one attached hydrogen (secondary N) is 1. The molecule has 5 heteroatoms. The molecule has 0 saturated heterocycles. The van der Waals surface area contributed by atoms with Crippen LogP contribution in [0.3, 0.4) is 0 Å². The van der Waals surface area contributed by atoms with E-state index in [9.17, 15) is 4.79 Å². The summed E-state index contributed by atoms with van der Waals surface area (Å²) in [5.41, 5.74) is 7.30. The Morgan fingerprint density at radius 3 is 2.79 bits per heavy atom. The lowest BCUT2D eigenvalue weighted by atomic mass is 10.1. The minimum atomic E-state index is -0.348. The van der Waals surface area contributed by atoms with Gasteiger partial charge >= 0.3 is 0 Å². The van der Waals surface area contributed by atoms with Gasteiger partial charge in [0.25, 0.3) is 5.91 Å². The van der Waals surface area contributed by atoms with Crippen molar-refractivity contribution in [2.24, 2.45) is 0 Å². The molecule has 0 aliphatic rings. The lowest BCUT2D eigenvalue weighted by Gasteiger charge is -2.07. The zero-order chi connectivity index (χ0) is 13.8. The van der Waals surface area contributed by atoms with Crippen LogP contribution in [0.15, 0.2) is 43.1 Å². The maximum Gasteiger partial charge on any atom is 0.258 e. The summed E-state index contributed by atoms with van der Waals surface area (Å²) in [5.74, 6) is 0.0915. The van der Waals surface area contributed by atoms with Crippen LogP contribution in [0.1, 0.15) is 15.9 Å². The Morgan fingerprint density at radius 1 is 1.37 bits per heavy atom. The number of carbonyl (C=O) groups excluding carboxylic acids is 1. The Kier molecular flexibility index (Phi) is 3.82. The van der Waals surface area contributed by atoms with E-state index < -0.39 is 0 Å². The molecule has 0 aliphatic heterocycles. The van der Waals surface area contributed by atoms with Crippen LogP contribution in [0.4, 0.5) is 11.5 Å². The first-order valence-corrected chi connectivity index (χ1v) is 5.93. The summed E-state index contributed by atoms with van der Waals surface area (Å²) in [6, 6.07) is 8.23. The molecule has 0 aliphatic carbocycles. The van der Waals surface area contributed by atoms with Gasteiger partial charge in [-0.3, -0.25) is 4.79 Å². The number of amides is 1. The first-order valence-electron chi connectivity index (χ1n) is 5.55. The number of anilines is 2. The summed E-state index contributed by atoms with van der Waals surface area (Å²) in [5, 5.41) is 3.11. The number of nitrogens with zero attached hydrogens (tertiary/aromatic N) is 1. The van der Waals surface area contributed by atoms with Gasteiger partial charge in [0.15, 0.2) is 0 Å². The second-order valence-electron chi connectivity index (χ2n) is 3.87. The fourth-order valence-corrected chi connectivity index (χ4v) is 1.68. The van der Waals surface area contributed by atoms with Gasteiger partial charge in [-0.1, -0.05) is 24.3 Å². The minimum absolute atomic E-state index is 0.321. The summed E-state index contributed by atoms with van der Waals surface area (Å²) in [4.78, 5) is 16.1. The third-order valence-corrected chi connectivity index (χ3v) is 2.76. The summed E-state index contributed by atoms with van der Waals surface area (Å²) in [6.45, 7) is 3.63. The Labute approximate surface area is 115 Å². The molecule has 2 aromatic rings. The predicted octanol–water partition coefficient (Wildman–Crippen LogP) is 3.21. The van der Waals surface area contributed by atoms with Gasteiger partial charge in [0, 0.05) is 16.9 Å². The zero-order valence-corrected chi connectivity index (χ0v) is 10.8. The molecule has 4 nitrogen and oxygen atoms in total. The molecule has 0 bridgehead atoms. The zero-order valence-electron chi connectivity index (χ0n) is 10.1. The molecule has 2 rings (SSSR count). The number of carbonyl (C=O) groups is 1. The Hall–Kier alpha value is -2.33. The quantitative estimate of drug-likeness (QED) is 0.844. The second-order valence-corrected chi connectivity index (χ2v) is 4.30. The van der Waals surface area contributed by atoms with Crippen LogP contribution in [-0.2, 0) is 0 Å². The average Bonchev–Trinajstić information content (AvgIpc) is 2.42. The van der Waals surface area contributed by atoms with Crippen LogP contribution in [0, 0.1) is 0 Å². The Morgan fingerprint density at radius 2 is 2.16 bits per heavy atom. The molecule has 1 amide bonds. The number of halogens is 1. The van der Waals surface area contributed by atoms with Crippen molar-refractivity contribution in [2.45, 2.75) is 0 Å². The van der Waals surface area contributed by atoms with Gasteiger partial charge in [-0.2, -0.15) is 0 Å². The molecular formula is C14H12ClN3O. The van der Waals surface area contributed by atoms with Crippen LogP contribution < -0.4 is 11.1 Å². The van der Waals surface area contributed by atoms with E-state index >= 15 is 0 Å². The SMILES string of the molecule is C=Cc1ccc(NC(=O)c2cc(Cl)ccc2N)nc1. The van der Waals surface area contributed by atoms with Gasteiger partial charge in [0.1, 0.15) is 5.82 Å². The predicted molar refractivity (Wildman–Crippen MR) is 78.1 cm³/mol. The monoisotopic (exact) mass is 273 g/mol. The van der Waals surface area contributed by atoms with E-state index in [-0.39, 0.29) is 5.91 Å². The standard InChI is InChI=1S/C14H12ClN3O/c1-2-9-3-6-13(17-8-9)18-14(19)11-7-10(15)4-5-12(11)16/h2-8H,1,16H2,(H,17,18,19). The summed E-state index contributed by atoms with van der Waals surface area (Å²) in [6.07, 6.45) is 3.29. The second kappa shape index (κ2) is 5.54. The maximum absolute atomic E-state index is 12.0. The van der Waals surface area contributed by atoms with E-state index in [0.29, 0.717) is 22.1 Å². The van der Waals surface area contributed by atoms with E-state index in [1.165, 1.54) is 6.07 Å². The van der Waals surface area contributed by atoms with Crippen LogP contribution in [-0.4, -0.2) is 10.9 Å². The topological polar surface area (TPSA) is 68.0 Å². The molecule has 0 fully saturated rings. The van der Waals surface area contributed by atoms with E-state index in [0.717, 1.165) is 5.56 Å². The van der Waals surface area contributed by atoms with Gasteiger partial charge < -0.3 is 11.1 Å². The van der Waals surface area contributed by atoms with Crippen LogP contribution in [0.25, 0.3) is 6.08 Å². The average molecular weight is 274 g/mol. The third kappa shape index (κ3) is 3.11. The molecule has 1 aromatic heterocycles. The molecule has 3 N–H and O–H groups in total. The van der Waals surface area contributed by atoms with Crippen molar-refractivity contribution in [1.82, 2.24) is 4.98 Å². The summed E-state index contributed by atoms with van der Waals surface area (Å²) < 4.78 is 0. The fourth-order valence-electron chi connectivity index (χ4n) is 1.51. The number of aromatic nitrogens is 1. The van der Waals surface area contributed by atoms with E-state index in [4.69, 9.17) is 17.3 Å². The Bertz CT molecular complexity index is 623. The summed E-state index contributed by atoms with van der Waals surface area (Å²) >= 11 is 5.84. The molecule has 0 spiro atoms. The van der Waals surface area contributed by atoms with Crippen molar-refractivity contribution in [3.05, 3.63) is 59.3 Å². The van der Waals surface area contributed by atoms with Gasteiger partial charge in [0.05, 0.1) is 5.56 Å². The van der Waals surface area contributed by atoms with E-state index in [1.807, 2.05) is 0 Å². The van der Waals surface area contributed by atoms with Gasteiger partial charge in [-0.15, -0.1) is 0 Å². The highest BCUT2D eigenvalue weighted by Gasteiger charge is 2.11. The molecular weight excluding hydrogens is 262 g/mol. The number of benzene rings is 1. The van der Waals surface area contributed by atoms with Crippen molar-refractivity contribution in [1.29, 1.82) is 0 Å². The molecule has 0 saturated carbocycles. The number of hydrogen-bond donors (Lipinski definition) is 2. The molecule has 0 radical (unpaired) electrons. The van der Waals surface area contributed by atoms with Crippen LogP contribution in [0.2, 0.25) is 5.02 Å². The largest absolute Gasteiger partial charge is 0.398 e. The van der Waals surface area contributed by atoms with Gasteiger partial charge in [0.2, 0.25) is 0 Å². The van der Waals surface area contributed by atoms with Crippen molar-refractivity contribution in [3.63, 3.8) is 0 Å². The molecule has 96 valence electrons. The van der Waals surface area contributed by atoms with Gasteiger partial charge in [-0.25, -0.2) is 4.98 Å². The van der Waals surface area contributed by atoms with Crippen molar-refractivity contribution >= 4 is 35.1 Å². The highest BCUT2D eigenvalue weighted by atomic mass is 35.5. The van der Waals surface area contributed by atoms with Crippen molar-refractivity contribution in [3.8, 4) is 0 Å². The lowest BCUT2D eigenvalue weighted by Crippen LogP contribution is -2.14. The third-order valence-electron chi connectivity index (χ3n) is 2.52. The smallest absolute Gasteiger partial charge is 0.258 e. The first-order chi connectivity index (χ1) is 9.10. The number of pyridine rings is 1. The molecule has 1 aromatic carbocycles. The Balaban J connectivity index is 2.20.